The van der Waals surface area contributed by atoms with E-state index >= 15 is 0 Å². The van der Waals surface area contributed by atoms with Gasteiger partial charge in [0, 0.05) is 23.9 Å². The second-order valence-electron chi connectivity index (χ2n) is 5.36. The molecule has 1 aromatic carbocycles. The molecule has 0 bridgehead atoms. The molecule has 1 atom stereocenters. The molecule has 3 heterocycles. The van der Waals surface area contributed by atoms with Crippen LogP contribution in [0, 0.1) is 0 Å². The number of aryl methyl sites for hydroxylation is 1. The monoisotopic (exact) mass is 281 g/mol. The summed E-state index contributed by atoms with van der Waals surface area (Å²) < 4.78 is 5.87. The van der Waals surface area contributed by atoms with Gasteiger partial charge in [0.05, 0.1) is 17.6 Å². The molecule has 2 aromatic heterocycles. The summed E-state index contributed by atoms with van der Waals surface area (Å²) in [5.41, 5.74) is 2.84. The highest BCUT2D eigenvalue weighted by molar-refractivity contribution is 5.98. The van der Waals surface area contributed by atoms with Crippen molar-refractivity contribution >= 4 is 22.5 Å². The van der Waals surface area contributed by atoms with Crippen LogP contribution < -0.4 is 5.32 Å². The van der Waals surface area contributed by atoms with E-state index in [2.05, 4.69) is 28.5 Å². The third-order valence-electron chi connectivity index (χ3n) is 4.02. The molecule has 0 aliphatic carbocycles. The summed E-state index contributed by atoms with van der Waals surface area (Å²) in [6.45, 7) is 2.05. The SMILES string of the molecule is CCc1ccc(C2CC(=O)Nc3cc4[nH]ncc4cc32)o1. The summed E-state index contributed by atoms with van der Waals surface area (Å²) >= 11 is 0. The number of H-pyrrole nitrogens is 1. The molecule has 0 spiro atoms. The quantitative estimate of drug-likeness (QED) is 0.757. The molecule has 0 saturated heterocycles. The predicted molar refractivity (Wildman–Crippen MR) is 79.3 cm³/mol. The second kappa shape index (κ2) is 4.48. The molecule has 21 heavy (non-hydrogen) atoms. The Morgan fingerprint density at radius 3 is 3.10 bits per heavy atom. The molecular weight excluding hydrogens is 266 g/mol. The van der Waals surface area contributed by atoms with Gasteiger partial charge in [-0.1, -0.05) is 6.92 Å². The van der Waals surface area contributed by atoms with E-state index in [1.54, 1.807) is 6.20 Å². The molecule has 2 N–H and O–H groups in total. The van der Waals surface area contributed by atoms with Crippen molar-refractivity contribution in [3.63, 3.8) is 0 Å². The molecule has 4 rings (SSSR count). The van der Waals surface area contributed by atoms with E-state index in [1.165, 1.54) is 0 Å². The Kier molecular flexibility index (Phi) is 2.60. The van der Waals surface area contributed by atoms with Crippen molar-refractivity contribution in [2.75, 3.05) is 5.32 Å². The van der Waals surface area contributed by atoms with Crippen LogP contribution in [0.15, 0.2) is 34.9 Å². The van der Waals surface area contributed by atoms with E-state index in [1.807, 2.05) is 18.2 Å². The van der Waals surface area contributed by atoms with Crippen LogP contribution in [0.5, 0.6) is 0 Å². The van der Waals surface area contributed by atoms with Crippen molar-refractivity contribution in [3.05, 3.63) is 47.5 Å². The Morgan fingerprint density at radius 1 is 1.38 bits per heavy atom. The van der Waals surface area contributed by atoms with E-state index in [0.29, 0.717) is 6.42 Å². The van der Waals surface area contributed by atoms with Crippen LogP contribution in [0.25, 0.3) is 10.9 Å². The van der Waals surface area contributed by atoms with Crippen LogP contribution in [-0.2, 0) is 11.2 Å². The standard InChI is InChI=1S/C16H15N3O2/c1-2-10-3-4-15(21-10)12-6-16(20)18-14-7-13-9(5-11(12)14)8-17-19-13/h3-5,7-8,12H,2,6H2,1H3,(H,17,19)(H,18,20). The van der Waals surface area contributed by atoms with Crippen molar-refractivity contribution in [1.29, 1.82) is 0 Å². The lowest BCUT2D eigenvalue weighted by molar-refractivity contribution is -0.116. The smallest absolute Gasteiger partial charge is 0.225 e. The lowest BCUT2D eigenvalue weighted by atomic mass is 9.88. The maximum atomic E-state index is 12.0. The summed E-state index contributed by atoms with van der Waals surface area (Å²) in [6.07, 6.45) is 3.06. The zero-order valence-corrected chi connectivity index (χ0v) is 11.6. The first kappa shape index (κ1) is 12.2. The maximum Gasteiger partial charge on any atom is 0.225 e. The van der Waals surface area contributed by atoms with Crippen LogP contribution in [0.1, 0.15) is 36.3 Å². The van der Waals surface area contributed by atoms with Gasteiger partial charge < -0.3 is 9.73 Å². The van der Waals surface area contributed by atoms with E-state index < -0.39 is 0 Å². The number of nitrogens with one attached hydrogen (secondary N) is 2. The van der Waals surface area contributed by atoms with E-state index in [-0.39, 0.29) is 11.8 Å². The van der Waals surface area contributed by atoms with Crippen LogP contribution >= 0.6 is 0 Å². The molecule has 5 heteroatoms. The summed E-state index contributed by atoms with van der Waals surface area (Å²) in [7, 11) is 0. The first-order valence-electron chi connectivity index (χ1n) is 7.10. The van der Waals surface area contributed by atoms with E-state index in [4.69, 9.17) is 4.42 Å². The number of aromatic amines is 1. The fourth-order valence-electron chi connectivity index (χ4n) is 2.93. The fraction of sp³-hybridized carbons (Fsp3) is 0.250. The number of aromatic nitrogens is 2. The molecule has 1 aliphatic rings. The van der Waals surface area contributed by atoms with E-state index in [0.717, 1.165) is 40.1 Å². The van der Waals surface area contributed by atoms with Crippen LogP contribution in [0.2, 0.25) is 0 Å². The maximum absolute atomic E-state index is 12.0. The molecule has 0 fully saturated rings. The van der Waals surface area contributed by atoms with Gasteiger partial charge in [-0.15, -0.1) is 0 Å². The lowest BCUT2D eigenvalue weighted by Gasteiger charge is -2.24. The third-order valence-corrected chi connectivity index (χ3v) is 4.02. The summed E-state index contributed by atoms with van der Waals surface area (Å²) in [5.74, 6) is 1.78. The number of benzene rings is 1. The van der Waals surface area contributed by atoms with Gasteiger partial charge in [-0.3, -0.25) is 9.89 Å². The highest BCUT2D eigenvalue weighted by atomic mass is 16.3. The second-order valence-corrected chi connectivity index (χ2v) is 5.36. The molecule has 0 radical (unpaired) electrons. The number of nitrogens with zero attached hydrogens (tertiary/aromatic N) is 1. The summed E-state index contributed by atoms with van der Waals surface area (Å²) in [5, 5.41) is 10.9. The minimum Gasteiger partial charge on any atom is -0.465 e. The minimum atomic E-state index is -0.0339. The number of amides is 1. The van der Waals surface area contributed by atoms with Crippen molar-refractivity contribution in [1.82, 2.24) is 10.2 Å². The fourth-order valence-corrected chi connectivity index (χ4v) is 2.93. The highest BCUT2D eigenvalue weighted by Gasteiger charge is 2.29. The highest BCUT2D eigenvalue weighted by Crippen LogP contribution is 2.39. The number of rotatable bonds is 2. The normalized spacial score (nSPS) is 17.8. The van der Waals surface area contributed by atoms with Gasteiger partial charge in [0.1, 0.15) is 11.5 Å². The van der Waals surface area contributed by atoms with Crippen LogP contribution in [0.4, 0.5) is 5.69 Å². The average molecular weight is 281 g/mol. The molecular formula is C16H15N3O2. The molecule has 1 unspecified atom stereocenters. The number of anilines is 1. The van der Waals surface area contributed by atoms with Crippen molar-refractivity contribution in [2.24, 2.45) is 0 Å². The van der Waals surface area contributed by atoms with E-state index in [9.17, 15) is 4.79 Å². The van der Waals surface area contributed by atoms with Gasteiger partial charge in [0.25, 0.3) is 0 Å². The molecule has 1 aliphatic heterocycles. The minimum absolute atomic E-state index is 0.0146. The zero-order valence-electron chi connectivity index (χ0n) is 11.6. The van der Waals surface area contributed by atoms with Gasteiger partial charge in [0.2, 0.25) is 5.91 Å². The largest absolute Gasteiger partial charge is 0.465 e. The number of carbonyl (C=O) groups is 1. The lowest BCUT2D eigenvalue weighted by Crippen LogP contribution is -2.23. The van der Waals surface area contributed by atoms with Crippen LogP contribution in [0.3, 0.4) is 0 Å². The number of hydrogen-bond donors (Lipinski definition) is 2. The Balaban J connectivity index is 1.87. The number of fused-ring (bicyclic) bond motifs is 2. The van der Waals surface area contributed by atoms with Gasteiger partial charge in [-0.05, 0) is 29.8 Å². The molecule has 106 valence electrons. The van der Waals surface area contributed by atoms with Gasteiger partial charge in [-0.25, -0.2) is 0 Å². The molecule has 5 nitrogen and oxygen atoms in total. The average Bonchev–Trinajstić information content (AvgIpc) is 3.12. The number of furan rings is 1. The first-order valence-corrected chi connectivity index (χ1v) is 7.10. The van der Waals surface area contributed by atoms with Gasteiger partial charge >= 0.3 is 0 Å². The topological polar surface area (TPSA) is 70.9 Å². The molecule has 0 saturated carbocycles. The van der Waals surface area contributed by atoms with Gasteiger partial charge in [0.15, 0.2) is 0 Å². The van der Waals surface area contributed by atoms with Crippen molar-refractivity contribution in [3.8, 4) is 0 Å². The molecule has 3 aromatic rings. The Labute approximate surface area is 121 Å². The summed E-state index contributed by atoms with van der Waals surface area (Å²) in [6, 6.07) is 7.97. The molecule has 1 amide bonds. The van der Waals surface area contributed by atoms with Crippen molar-refractivity contribution < 1.29 is 9.21 Å². The predicted octanol–water partition coefficient (Wildman–Crippen LogP) is 3.19. The number of carbonyl (C=O) groups excluding carboxylic acids is 1. The third kappa shape index (κ3) is 1.93. The zero-order chi connectivity index (χ0) is 14.4. The first-order chi connectivity index (χ1) is 10.2. The van der Waals surface area contributed by atoms with Crippen molar-refractivity contribution in [2.45, 2.75) is 25.7 Å². The Morgan fingerprint density at radius 2 is 2.29 bits per heavy atom. The summed E-state index contributed by atoms with van der Waals surface area (Å²) in [4.78, 5) is 12.0. The number of hydrogen-bond acceptors (Lipinski definition) is 3. The van der Waals surface area contributed by atoms with Crippen LogP contribution in [-0.4, -0.2) is 16.1 Å². The van der Waals surface area contributed by atoms with Gasteiger partial charge in [-0.2, -0.15) is 5.10 Å². The Hall–Kier alpha value is -2.56. The Bertz CT molecular complexity index is 831.